The molecule has 1 saturated heterocycles. The molecule has 0 radical (unpaired) electrons. The molecule has 0 atom stereocenters. The minimum atomic E-state index is -0.103. The molecule has 0 spiro atoms. The molecular weight excluding hydrogens is 340 g/mol. The number of aromatic nitrogens is 2. The maximum atomic E-state index is 12.1. The molecule has 0 saturated carbocycles. The molecule has 0 aliphatic carbocycles. The monoisotopic (exact) mass is 360 g/mol. The Hall–Kier alpha value is -2.34. The summed E-state index contributed by atoms with van der Waals surface area (Å²) in [7, 11) is 0. The minimum Gasteiger partial charge on any atom is -0.326 e. The SMILES string of the molecule is Cc1cc(C)n(CCC(=O)Nc2ccc(N3CCCC3=O)c(Cl)c2)n1. The fraction of sp³-hybridized carbons (Fsp3) is 0.389. The predicted octanol–water partition coefficient (Wildman–Crippen LogP) is 3.31. The molecule has 25 heavy (non-hydrogen) atoms. The second-order valence-electron chi connectivity index (χ2n) is 6.26. The normalized spacial score (nSPS) is 14.2. The van der Waals surface area contributed by atoms with Gasteiger partial charge in [-0.3, -0.25) is 14.3 Å². The molecule has 0 unspecified atom stereocenters. The summed E-state index contributed by atoms with van der Waals surface area (Å²) in [6.07, 6.45) is 1.73. The van der Waals surface area contributed by atoms with E-state index in [1.165, 1.54) is 0 Å². The second-order valence-corrected chi connectivity index (χ2v) is 6.67. The number of benzene rings is 1. The van der Waals surface area contributed by atoms with Crippen molar-refractivity contribution in [2.24, 2.45) is 0 Å². The summed E-state index contributed by atoms with van der Waals surface area (Å²) in [5.41, 5.74) is 3.30. The number of carbonyl (C=O) groups excluding carboxylic acids is 2. The lowest BCUT2D eigenvalue weighted by atomic mass is 10.2. The number of rotatable bonds is 5. The van der Waals surface area contributed by atoms with Crippen molar-refractivity contribution in [1.29, 1.82) is 0 Å². The average Bonchev–Trinajstić information content (AvgIpc) is 3.10. The van der Waals surface area contributed by atoms with Crippen LogP contribution in [0.5, 0.6) is 0 Å². The van der Waals surface area contributed by atoms with Crippen LogP contribution in [0.1, 0.15) is 30.7 Å². The van der Waals surface area contributed by atoms with Gasteiger partial charge in [-0.25, -0.2) is 0 Å². The summed E-state index contributed by atoms with van der Waals surface area (Å²) in [5, 5.41) is 7.65. The van der Waals surface area contributed by atoms with Crippen molar-refractivity contribution in [3.63, 3.8) is 0 Å². The molecule has 1 N–H and O–H groups in total. The maximum Gasteiger partial charge on any atom is 0.227 e. The average molecular weight is 361 g/mol. The van der Waals surface area contributed by atoms with E-state index in [9.17, 15) is 9.59 Å². The summed E-state index contributed by atoms with van der Waals surface area (Å²) in [6, 6.07) is 7.22. The van der Waals surface area contributed by atoms with Gasteiger partial charge in [-0.2, -0.15) is 5.10 Å². The predicted molar refractivity (Wildman–Crippen MR) is 98.0 cm³/mol. The molecule has 2 heterocycles. The number of hydrogen-bond donors (Lipinski definition) is 1. The fourth-order valence-electron chi connectivity index (χ4n) is 3.04. The summed E-state index contributed by atoms with van der Waals surface area (Å²) in [6.45, 7) is 5.11. The van der Waals surface area contributed by atoms with Crippen molar-refractivity contribution < 1.29 is 9.59 Å². The van der Waals surface area contributed by atoms with Crippen LogP contribution in [0.3, 0.4) is 0 Å². The highest BCUT2D eigenvalue weighted by atomic mass is 35.5. The Kier molecular flexibility index (Phi) is 5.08. The number of carbonyl (C=O) groups is 2. The number of anilines is 2. The molecular formula is C18H21ClN4O2. The number of nitrogens with zero attached hydrogens (tertiary/aromatic N) is 3. The van der Waals surface area contributed by atoms with Crippen LogP contribution in [0.2, 0.25) is 5.02 Å². The summed E-state index contributed by atoms with van der Waals surface area (Å²) < 4.78 is 1.82. The van der Waals surface area contributed by atoms with Crippen LogP contribution >= 0.6 is 11.6 Å². The van der Waals surface area contributed by atoms with Gasteiger partial charge in [-0.05, 0) is 44.5 Å². The molecule has 6 nitrogen and oxygen atoms in total. The van der Waals surface area contributed by atoms with E-state index in [1.54, 1.807) is 23.1 Å². The molecule has 1 aliphatic rings. The molecule has 2 amide bonds. The maximum absolute atomic E-state index is 12.1. The van der Waals surface area contributed by atoms with E-state index in [0.29, 0.717) is 42.3 Å². The van der Waals surface area contributed by atoms with Crippen molar-refractivity contribution in [3.05, 3.63) is 40.7 Å². The molecule has 2 aromatic rings. The topological polar surface area (TPSA) is 67.2 Å². The van der Waals surface area contributed by atoms with Gasteiger partial charge in [0.15, 0.2) is 0 Å². The van der Waals surface area contributed by atoms with E-state index in [0.717, 1.165) is 17.8 Å². The van der Waals surface area contributed by atoms with Crippen LogP contribution in [-0.2, 0) is 16.1 Å². The van der Waals surface area contributed by atoms with Crippen molar-refractivity contribution in [3.8, 4) is 0 Å². The van der Waals surface area contributed by atoms with Gasteiger partial charge >= 0.3 is 0 Å². The number of hydrogen-bond acceptors (Lipinski definition) is 3. The molecule has 1 aromatic heterocycles. The van der Waals surface area contributed by atoms with E-state index in [2.05, 4.69) is 10.4 Å². The first kappa shape index (κ1) is 17.5. The Morgan fingerprint density at radius 2 is 2.12 bits per heavy atom. The largest absolute Gasteiger partial charge is 0.326 e. The van der Waals surface area contributed by atoms with Gasteiger partial charge in [0.1, 0.15) is 0 Å². The third-order valence-electron chi connectivity index (χ3n) is 4.25. The van der Waals surface area contributed by atoms with E-state index in [1.807, 2.05) is 24.6 Å². The highest BCUT2D eigenvalue weighted by molar-refractivity contribution is 6.34. The summed E-state index contributed by atoms with van der Waals surface area (Å²) >= 11 is 6.30. The van der Waals surface area contributed by atoms with Gasteiger partial charge in [-0.1, -0.05) is 11.6 Å². The smallest absolute Gasteiger partial charge is 0.227 e. The molecule has 1 aliphatic heterocycles. The zero-order valence-electron chi connectivity index (χ0n) is 14.4. The first-order chi connectivity index (χ1) is 11.9. The molecule has 7 heteroatoms. The van der Waals surface area contributed by atoms with E-state index in [-0.39, 0.29) is 11.8 Å². The summed E-state index contributed by atoms with van der Waals surface area (Å²) in [4.78, 5) is 25.7. The Labute approximate surface area is 151 Å². The highest BCUT2D eigenvalue weighted by Crippen LogP contribution is 2.31. The standard InChI is InChI=1S/C18H21ClN4O2/c1-12-10-13(2)23(21-12)9-7-17(24)20-14-5-6-16(15(19)11-14)22-8-3-4-18(22)25/h5-6,10-11H,3-4,7-9H2,1-2H3,(H,20,24). The number of amides is 2. The van der Waals surface area contributed by atoms with Crippen LogP contribution in [0.4, 0.5) is 11.4 Å². The van der Waals surface area contributed by atoms with Gasteiger partial charge in [0, 0.05) is 37.3 Å². The lowest BCUT2D eigenvalue weighted by molar-refractivity contribution is -0.117. The quantitative estimate of drug-likeness (QED) is 0.889. The third kappa shape index (κ3) is 4.02. The lowest BCUT2D eigenvalue weighted by Crippen LogP contribution is -2.24. The van der Waals surface area contributed by atoms with Gasteiger partial charge in [0.05, 0.1) is 16.4 Å². The van der Waals surface area contributed by atoms with Crippen LogP contribution < -0.4 is 10.2 Å². The zero-order chi connectivity index (χ0) is 18.0. The van der Waals surface area contributed by atoms with Crippen LogP contribution in [0.25, 0.3) is 0 Å². The number of aryl methyl sites for hydroxylation is 3. The molecule has 0 bridgehead atoms. The summed E-state index contributed by atoms with van der Waals surface area (Å²) in [5.74, 6) is -0.0165. The second kappa shape index (κ2) is 7.27. The van der Waals surface area contributed by atoms with Crippen LogP contribution in [0.15, 0.2) is 24.3 Å². The van der Waals surface area contributed by atoms with Crippen molar-refractivity contribution in [1.82, 2.24) is 9.78 Å². The first-order valence-corrected chi connectivity index (χ1v) is 8.72. The van der Waals surface area contributed by atoms with E-state index in [4.69, 9.17) is 11.6 Å². The third-order valence-corrected chi connectivity index (χ3v) is 4.55. The Bertz CT molecular complexity index is 815. The zero-order valence-corrected chi connectivity index (χ0v) is 15.1. The Balaban J connectivity index is 1.60. The fourth-order valence-corrected chi connectivity index (χ4v) is 3.32. The minimum absolute atomic E-state index is 0.0866. The molecule has 1 fully saturated rings. The lowest BCUT2D eigenvalue weighted by Gasteiger charge is -2.18. The van der Waals surface area contributed by atoms with Crippen molar-refractivity contribution >= 4 is 34.8 Å². The molecule has 3 rings (SSSR count). The highest BCUT2D eigenvalue weighted by Gasteiger charge is 2.23. The first-order valence-electron chi connectivity index (χ1n) is 8.35. The van der Waals surface area contributed by atoms with E-state index < -0.39 is 0 Å². The van der Waals surface area contributed by atoms with Gasteiger partial charge in [0.25, 0.3) is 0 Å². The molecule has 132 valence electrons. The molecule has 1 aromatic carbocycles. The van der Waals surface area contributed by atoms with Gasteiger partial charge < -0.3 is 10.2 Å². The Morgan fingerprint density at radius 1 is 1.32 bits per heavy atom. The van der Waals surface area contributed by atoms with E-state index >= 15 is 0 Å². The van der Waals surface area contributed by atoms with Gasteiger partial charge in [0.2, 0.25) is 11.8 Å². The number of nitrogens with one attached hydrogen (secondary N) is 1. The Morgan fingerprint density at radius 3 is 2.72 bits per heavy atom. The van der Waals surface area contributed by atoms with Gasteiger partial charge in [-0.15, -0.1) is 0 Å². The number of halogens is 1. The van der Waals surface area contributed by atoms with Crippen LogP contribution in [-0.4, -0.2) is 28.1 Å². The van der Waals surface area contributed by atoms with Crippen molar-refractivity contribution in [2.75, 3.05) is 16.8 Å². The van der Waals surface area contributed by atoms with Crippen LogP contribution in [0, 0.1) is 13.8 Å². The van der Waals surface area contributed by atoms with Crippen molar-refractivity contribution in [2.45, 2.75) is 39.7 Å².